The normalized spacial score (nSPS) is 11.7. The van der Waals surface area contributed by atoms with Gasteiger partial charge in [0.25, 0.3) is 0 Å². The minimum Gasteiger partial charge on any atom is -0.463 e. The fourth-order valence-electron chi connectivity index (χ4n) is 3.24. The second-order valence-corrected chi connectivity index (χ2v) is 8.42. The lowest BCUT2D eigenvalue weighted by atomic mass is 10.0. The van der Waals surface area contributed by atoms with Gasteiger partial charge in [-0.3, -0.25) is 4.79 Å². The fraction of sp³-hybridized carbons (Fsp3) is 0.960. The van der Waals surface area contributed by atoms with E-state index in [1.807, 2.05) is 0 Å². The van der Waals surface area contributed by atoms with Crippen LogP contribution < -0.4 is 5.32 Å². The Hall–Kier alpha value is -0.730. The van der Waals surface area contributed by atoms with Crippen LogP contribution >= 0.6 is 0 Å². The van der Waals surface area contributed by atoms with Gasteiger partial charge in [0, 0.05) is 19.5 Å². The largest absolute Gasteiger partial charge is 0.463 e. The molecule has 0 aliphatic rings. The maximum absolute atomic E-state index is 11.4. The Morgan fingerprint density at radius 1 is 0.719 bits per heavy atom. The molecule has 0 amide bonds. The highest BCUT2D eigenvalue weighted by atomic mass is 16.5. The molecule has 0 saturated heterocycles. The van der Waals surface area contributed by atoms with Crippen LogP contribution in [0.4, 0.5) is 0 Å². The van der Waals surface area contributed by atoms with Crippen molar-refractivity contribution in [2.24, 2.45) is 0 Å². The second-order valence-electron chi connectivity index (χ2n) is 8.42. The Labute approximate surface area is 197 Å². The predicted octanol–water partition coefficient (Wildman–Crippen LogP) is 3.70. The Kier molecular flexibility index (Phi) is 31.6. The molecule has 0 aromatic heterocycles. The summed E-state index contributed by atoms with van der Waals surface area (Å²) >= 11 is 0. The zero-order valence-electron chi connectivity index (χ0n) is 20.7. The van der Waals surface area contributed by atoms with Crippen LogP contribution in [-0.4, -0.2) is 72.0 Å². The van der Waals surface area contributed by atoms with Gasteiger partial charge in [-0.1, -0.05) is 96.8 Å². The minimum absolute atomic E-state index is 0.103. The van der Waals surface area contributed by atoms with Crippen molar-refractivity contribution in [3.63, 3.8) is 0 Å². The summed E-state index contributed by atoms with van der Waals surface area (Å²) in [6.07, 6.45) is 19.0. The summed E-state index contributed by atoms with van der Waals surface area (Å²) in [5.74, 6) is -0.276. The SMILES string of the molecule is CCCCCCCCCCCCCCCCCC(=O)OCC(O)CO.OCCNCCO. The summed E-state index contributed by atoms with van der Waals surface area (Å²) in [6.45, 7) is 3.21. The van der Waals surface area contributed by atoms with Crippen LogP contribution in [0.15, 0.2) is 0 Å². The third kappa shape index (κ3) is 31.5. The number of hydrogen-bond acceptors (Lipinski definition) is 7. The van der Waals surface area contributed by atoms with Crippen LogP contribution in [0, 0.1) is 0 Å². The molecule has 0 aliphatic carbocycles. The van der Waals surface area contributed by atoms with Gasteiger partial charge in [-0.25, -0.2) is 0 Å². The van der Waals surface area contributed by atoms with E-state index in [0.29, 0.717) is 19.5 Å². The van der Waals surface area contributed by atoms with E-state index in [9.17, 15) is 4.79 Å². The van der Waals surface area contributed by atoms with Gasteiger partial charge in [-0.2, -0.15) is 0 Å². The minimum atomic E-state index is -0.954. The van der Waals surface area contributed by atoms with E-state index < -0.39 is 6.10 Å². The smallest absolute Gasteiger partial charge is 0.305 e. The lowest BCUT2D eigenvalue weighted by Crippen LogP contribution is -2.21. The molecule has 7 heteroatoms. The van der Waals surface area contributed by atoms with Gasteiger partial charge >= 0.3 is 5.97 Å². The van der Waals surface area contributed by atoms with Gasteiger partial charge in [-0.05, 0) is 6.42 Å². The summed E-state index contributed by atoms with van der Waals surface area (Å²) in [5.41, 5.74) is 0. The zero-order valence-corrected chi connectivity index (χ0v) is 20.7. The molecular weight excluding hydrogens is 410 g/mol. The quantitative estimate of drug-likeness (QED) is 0.116. The first kappa shape index (κ1) is 33.4. The van der Waals surface area contributed by atoms with Crippen molar-refractivity contribution in [1.82, 2.24) is 5.32 Å². The molecule has 0 aliphatic heterocycles. The molecule has 32 heavy (non-hydrogen) atoms. The molecule has 0 spiro atoms. The van der Waals surface area contributed by atoms with Crippen molar-refractivity contribution in [1.29, 1.82) is 0 Å². The number of unbranched alkanes of at least 4 members (excludes halogenated alkanes) is 14. The molecule has 194 valence electrons. The van der Waals surface area contributed by atoms with Crippen molar-refractivity contribution >= 4 is 5.97 Å². The third-order valence-corrected chi connectivity index (χ3v) is 5.21. The van der Waals surface area contributed by atoms with Crippen LogP contribution in [0.5, 0.6) is 0 Å². The van der Waals surface area contributed by atoms with Crippen molar-refractivity contribution in [2.75, 3.05) is 39.5 Å². The van der Waals surface area contributed by atoms with E-state index in [1.54, 1.807) is 0 Å². The van der Waals surface area contributed by atoms with Crippen molar-refractivity contribution in [3.8, 4) is 0 Å². The van der Waals surface area contributed by atoms with Gasteiger partial charge in [0.2, 0.25) is 0 Å². The van der Waals surface area contributed by atoms with Crippen LogP contribution in [0.3, 0.4) is 0 Å². The molecule has 1 unspecified atom stereocenters. The van der Waals surface area contributed by atoms with Crippen molar-refractivity contribution in [2.45, 2.75) is 116 Å². The molecule has 0 rings (SSSR count). The van der Waals surface area contributed by atoms with E-state index in [4.69, 9.17) is 25.2 Å². The Morgan fingerprint density at radius 3 is 1.50 bits per heavy atom. The Bertz CT molecular complexity index is 353. The van der Waals surface area contributed by atoms with Crippen LogP contribution in [0.25, 0.3) is 0 Å². The summed E-state index contributed by atoms with van der Waals surface area (Å²) in [5, 5.41) is 36.8. The second kappa shape index (κ2) is 30.3. The summed E-state index contributed by atoms with van der Waals surface area (Å²) in [4.78, 5) is 11.4. The molecular formula is C25H53NO6. The first-order valence-electron chi connectivity index (χ1n) is 13.0. The average Bonchev–Trinajstić information content (AvgIpc) is 2.80. The Balaban J connectivity index is 0. The number of aliphatic hydroxyl groups excluding tert-OH is 4. The number of carbonyl (C=O) groups is 1. The molecule has 0 fully saturated rings. The molecule has 0 saturated carbocycles. The maximum atomic E-state index is 11.4. The Morgan fingerprint density at radius 2 is 1.12 bits per heavy atom. The number of hydrogen-bond donors (Lipinski definition) is 5. The van der Waals surface area contributed by atoms with Gasteiger partial charge in [-0.15, -0.1) is 0 Å². The summed E-state index contributed by atoms with van der Waals surface area (Å²) in [6, 6.07) is 0. The molecule has 7 nitrogen and oxygen atoms in total. The fourth-order valence-corrected chi connectivity index (χ4v) is 3.24. The van der Waals surface area contributed by atoms with Crippen molar-refractivity contribution < 1.29 is 30.0 Å². The first-order valence-corrected chi connectivity index (χ1v) is 13.0. The highest BCUT2D eigenvalue weighted by Crippen LogP contribution is 2.13. The lowest BCUT2D eigenvalue weighted by molar-refractivity contribution is -0.147. The average molecular weight is 464 g/mol. The van der Waals surface area contributed by atoms with Crippen LogP contribution in [0.1, 0.15) is 110 Å². The number of ether oxygens (including phenoxy) is 1. The topological polar surface area (TPSA) is 119 Å². The molecule has 0 aromatic carbocycles. The number of rotatable bonds is 23. The highest BCUT2D eigenvalue weighted by molar-refractivity contribution is 5.69. The highest BCUT2D eigenvalue weighted by Gasteiger charge is 2.07. The van der Waals surface area contributed by atoms with Gasteiger partial charge in [0.1, 0.15) is 12.7 Å². The number of carbonyl (C=O) groups excluding carboxylic acids is 1. The number of esters is 1. The molecule has 0 aromatic rings. The van der Waals surface area contributed by atoms with Crippen LogP contribution in [-0.2, 0) is 9.53 Å². The third-order valence-electron chi connectivity index (χ3n) is 5.21. The molecule has 1 atom stereocenters. The molecule has 0 heterocycles. The van der Waals surface area contributed by atoms with Gasteiger partial charge in [0.05, 0.1) is 19.8 Å². The molecule has 5 N–H and O–H groups in total. The van der Waals surface area contributed by atoms with E-state index in [2.05, 4.69) is 12.2 Å². The van der Waals surface area contributed by atoms with E-state index in [0.717, 1.165) is 12.8 Å². The zero-order chi connectivity index (χ0) is 24.1. The monoisotopic (exact) mass is 463 g/mol. The molecule has 0 bridgehead atoms. The maximum Gasteiger partial charge on any atom is 0.305 e. The van der Waals surface area contributed by atoms with E-state index in [1.165, 1.54) is 83.5 Å². The summed E-state index contributed by atoms with van der Waals surface area (Å²) < 4.78 is 4.86. The van der Waals surface area contributed by atoms with E-state index >= 15 is 0 Å². The first-order chi connectivity index (χ1) is 15.6. The van der Waals surface area contributed by atoms with E-state index in [-0.39, 0.29) is 32.4 Å². The van der Waals surface area contributed by atoms with Crippen molar-refractivity contribution in [3.05, 3.63) is 0 Å². The lowest BCUT2D eigenvalue weighted by Gasteiger charge is -2.08. The predicted molar refractivity (Wildman–Crippen MR) is 131 cm³/mol. The standard InChI is InChI=1S/C21H42O4.C4H11NO2/c1-2-3-4-5-6-7-8-9-10-11-12-13-14-15-16-17-21(24)25-19-20(23)18-22;6-3-1-5-2-4-7/h20,22-23H,2-19H2,1H3;5-7H,1-4H2. The summed E-state index contributed by atoms with van der Waals surface area (Å²) in [7, 11) is 0. The van der Waals surface area contributed by atoms with Gasteiger partial charge < -0.3 is 30.5 Å². The number of nitrogens with one attached hydrogen (secondary N) is 1. The molecule has 0 radical (unpaired) electrons. The number of aliphatic hydroxyl groups is 4. The van der Waals surface area contributed by atoms with Gasteiger partial charge in [0.15, 0.2) is 0 Å². The van der Waals surface area contributed by atoms with Crippen LogP contribution in [0.2, 0.25) is 0 Å².